The zero-order valence-corrected chi connectivity index (χ0v) is 13.9. The predicted molar refractivity (Wildman–Crippen MR) is 92.2 cm³/mol. The third-order valence-corrected chi connectivity index (χ3v) is 5.05. The van der Waals surface area contributed by atoms with Gasteiger partial charge in [0.15, 0.2) is 0 Å². The number of hydrogen-bond acceptors (Lipinski definition) is 3. The molecule has 3 aromatic rings. The molecule has 0 radical (unpaired) electrons. The van der Waals surface area contributed by atoms with E-state index in [-0.39, 0.29) is 5.97 Å². The molecule has 0 atom stereocenters. The highest BCUT2D eigenvalue weighted by molar-refractivity contribution is 7.19. The normalized spacial score (nSPS) is 10.9. The summed E-state index contributed by atoms with van der Waals surface area (Å²) in [5.74, 6) is -0.306. The topological polar surface area (TPSA) is 26.3 Å². The molecule has 22 heavy (non-hydrogen) atoms. The molecule has 0 saturated carbocycles. The van der Waals surface area contributed by atoms with E-state index in [2.05, 4.69) is 13.0 Å². The van der Waals surface area contributed by atoms with Crippen molar-refractivity contribution in [1.82, 2.24) is 0 Å². The summed E-state index contributed by atoms with van der Waals surface area (Å²) in [5.41, 5.74) is 2.99. The van der Waals surface area contributed by atoms with Crippen molar-refractivity contribution in [3.8, 4) is 0 Å². The number of methoxy groups -OCH3 is 1. The molecule has 0 fully saturated rings. The van der Waals surface area contributed by atoms with Gasteiger partial charge in [-0.25, -0.2) is 4.79 Å². The van der Waals surface area contributed by atoms with Crippen molar-refractivity contribution >= 4 is 39.0 Å². The number of halogens is 1. The van der Waals surface area contributed by atoms with Crippen LogP contribution in [0.25, 0.3) is 10.1 Å². The zero-order chi connectivity index (χ0) is 15.7. The smallest absolute Gasteiger partial charge is 0.337 e. The number of benzene rings is 2. The summed E-state index contributed by atoms with van der Waals surface area (Å²) in [6, 6.07) is 13.6. The molecule has 3 rings (SSSR count). The molecular weight excluding hydrogens is 316 g/mol. The summed E-state index contributed by atoms with van der Waals surface area (Å²) in [6.45, 7) is 2.11. The average Bonchev–Trinajstić information content (AvgIpc) is 2.82. The molecule has 0 bridgehead atoms. The van der Waals surface area contributed by atoms with Crippen LogP contribution in [0.3, 0.4) is 0 Å². The van der Waals surface area contributed by atoms with Crippen molar-refractivity contribution in [2.75, 3.05) is 7.11 Å². The van der Waals surface area contributed by atoms with Gasteiger partial charge >= 0.3 is 5.97 Å². The van der Waals surface area contributed by atoms with E-state index in [9.17, 15) is 4.79 Å². The van der Waals surface area contributed by atoms with E-state index in [1.165, 1.54) is 27.8 Å². The van der Waals surface area contributed by atoms with Gasteiger partial charge in [0.05, 0.1) is 12.7 Å². The van der Waals surface area contributed by atoms with Crippen LogP contribution in [0.1, 0.15) is 26.4 Å². The van der Waals surface area contributed by atoms with Crippen LogP contribution >= 0.6 is 22.9 Å². The highest BCUT2D eigenvalue weighted by atomic mass is 35.5. The second kappa shape index (κ2) is 6.11. The van der Waals surface area contributed by atoms with Gasteiger partial charge in [-0.05, 0) is 60.2 Å². The summed E-state index contributed by atoms with van der Waals surface area (Å²) < 4.78 is 6.00. The van der Waals surface area contributed by atoms with E-state index < -0.39 is 0 Å². The van der Waals surface area contributed by atoms with Crippen molar-refractivity contribution in [1.29, 1.82) is 0 Å². The Morgan fingerprint density at radius 1 is 1.23 bits per heavy atom. The molecular formula is C18H15ClO2S. The Morgan fingerprint density at radius 2 is 2.05 bits per heavy atom. The summed E-state index contributed by atoms with van der Waals surface area (Å²) in [7, 11) is 1.40. The molecule has 1 heterocycles. The van der Waals surface area contributed by atoms with E-state index in [0.717, 1.165) is 16.8 Å². The SMILES string of the molecule is COC(=O)c1ccc2sc(C)c(Cc3cccc(Cl)c3)c2c1. The van der Waals surface area contributed by atoms with Gasteiger partial charge in [0.2, 0.25) is 0 Å². The summed E-state index contributed by atoms with van der Waals surface area (Å²) in [5, 5.41) is 1.86. The minimum Gasteiger partial charge on any atom is -0.465 e. The quantitative estimate of drug-likeness (QED) is 0.614. The van der Waals surface area contributed by atoms with Crippen LogP contribution in [0, 0.1) is 6.92 Å². The molecule has 0 aliphatic rings. The maximum atomic E-state index is 11.7. The highest BCUT2D eigenvalue weighted by Gasteiger charge is 2.13. The van der Waals surface area contributed by atoms with Crippen molar-refractivity contribution in [2.24, 2.45) is 0 Å². The minimum absolute atomic E-state index is 0.306. The first-order valence-electron chi connectivity index (χ1n) is 6.93. The molecule has 2 nitrogen and oxygen atoms in total. The largest absolute Gasteiger partial charge is 0.465 e. The van der Waals surface area contributed by atoms with E-state index in [1.54, 1.807) is 11.3 Å². The first-order chi connectivity index (χ1) is 10.6. The van der Waals surface area contributed by atoms with Gasteiger partial charge < -0.3 is 4.74 Å². The first kappa shape index (κ1) is 15.1. The van der Waals surface area contributed by atoms with Gasteiger partial charge in [-0.1, -0.05) is 23.7 Å². The molecule has 0 spiro atoms. The zero-order valence-electron chi connectivity index (χ0n) is 12.4. The van der Waals surface area contributed by atoms with Crippen LogP contribution in [0.15, 0.2) is 42.5 Å². The average molecular weight is 331 g/mol. The number of aryl methyl sites for hydroxylation is 1. The molecule has 0 amide bonds. The van der Waals surface area contributed by atoms with Gasteiger partial charge in [0, 0.05) is 14.6 Å². The Labute approximate surface area is 138 Å². The number of thiophene rings is 1. The molecule has 1 aromatic heterocycles. The number of ether oxygens (including phenoxy) is 1. The maximum Gasteiger partial charge on any atom is 0.337 e. The molecule has 4 heteroatoms. The molecule has 0 N–H and O–H groups in total. The lowest BCUT2D eigenvalue weighted by Gasteiger charge is -2.04. The second-order valence-corrected chi connectivity index (χ2v) is 6.84. The lowest BCUT2D eigenvalue weighted by Crippen LogP contribution is -2.00. The van der Waals surface area contributed by atoms with Gasteiger partial charge in [-0.15, -0.1) is 11.3 Å². The number of carbonyl (C=O) groups excluding carboxylic acids is 1. The third-order valence-electron chi connectivity index (χ3n) is 3.68. The van der Waals surface area contributed by atoms with Gasteiger partial charge in [0.25, 0.3) is 0 Å². The summed E-state index contributed by atoms with van der Waals surface area (Å²) >= 11 is 7.82. The number of esters is 1. The van der Waals surface area contributed by atoms with Gasteiger partial charge in [-0.2, -0.15) is 0 Å². The van der Waals surface area contributed by atoms with Crippen molar-refractivity contribution in [3.63, 3.8) is 0 Å². The van der Waals surface area contributed by atoms with Crippen LogP contribution in [-0.2, 0) is 11.2 Å². The van der Waals surface area contributed by atoms with Crippen LogP contribution < -0.4 is 0 Å². The first-order valence-corrected chi connectivity index (χ1v) is 8.12. The van der Waals surface area contributed by atoms with Gasteiger partial charge in [-0.3, -0.25) is 0 Å². The number of rotatable bonds is 3. The molecule has 0 aliphatic heterocycles. The maximum absolute atomic E-state index is 11.7. The molecule has 2 aromatic carbocycles. The second-order valence-electron chi connectivity index (χ2n) is 5.15. The molecule has 0 aliphatic carbocycles. The van der Waals surface area contributed by atoms with Crippen molar-refractivity contribution < 1.29 is 9.53 Å². The van der Waals surface area contributed by atoms with E-state index in [0.29, 0.717) is 5.56 Å². The van der Waals surface area contributed by atoms with E-state index >= 15 is 0 Å². The fourth-order valence-corrected chi connectivity index (χ4v) is 3.86. The van der Waals surface area contributed by atoms with Crippen LogP contribution in [0.5, 0.6) is 0 Å². The van der Waals surface area contributed by atoms with Crippen LogP contribution in [-0.4, -0.2) is 13.1 Å². The Balaban J connectivity index is 2.07. The fourth-order valence-electron chi connectivity index (χ4n) is 2.59. The van der Waals surface area contributed by atoms with Crippen molar-refractivity contribution in [3.05, 3.63) is 69.1 Å². The lowest BCUT2D eigenvalue weighted by atomic mass is 10.0. The Hall–Kier alpha value is -1.84. The number of fused-ring (bicyclic) bond motifs is 1. The predicted octanol–water partition coefficient (Wildman–Crippen LogP) is 5.24. The van der Waals surface area contributed by atoms with Crippen LogP contribution in [0.2, 0.25) is 5.02 Å². The van der Waals surface area contributed by atoms with E-state index in [4.69, 9.17) is 16.3 Å². The van der Waals surface area contributed by atoms with Gasteiger partial charge in [0.1, 0.15) is 0 Å². The standard InChI is InChI=1S/C18H15ClO2S/c1-11-15(9-12-4-3-5-14(19)8-12)16-10-13(18(20)21-2)6-7-17(16)22-11/h3-8,10H,9H2,1-2H3. The molecule has 0 unspecified atom stereocenters. The minimum atomic E-state index is -0.306. The number of carbonyl (C=O) groups is 1. The lowest BCUT2D eigenvalue weighted by molar-refractivity contribution is 0.0601. The highest BCUT2D eigenvalue weighted by Crippen LogP contribution is 2.33. The molecule has 112 valence electrons. The Morgan fingerprint density at radius 3 is 2.77 bits per heavy atom. The monoisotopic (exact) mass is 330 g/mol. The fraction of sp³-hybridized carbons (Fsp3) is 0.167. The Kier molecular flexibility index (Phi) is 4.19. The summed E-state index contributed by atoms with van der Waals surface area (Å²) in [6.07, 6.45) is 0.803. The molecule has 0 saturated heterocycles. The summed E-state index contributed by atoms with van der Waals surface area (Å²) in [4.78, 5) is 13.0. The Bertz CT molecular complexity index is 851. The van der Waals surface area contributed by atoms with E-state index in [1.807, 2.05) is 36.4 Å². The van der Waals surface area contributed by atoms with Crippen LogP contribution in [0.4, 0.5) is 0 Å². The van der Waals surface area contributed by atoms with Crippen molar-refractivity contribution in [2.45, 2.75) is 13.3 Å². The number of hydrogen-bond donors (Lipinski definition) is 0. The third kappa shape index (κ3) is 2.87.